The molecule has 0 radical (unpaired) electrons. The lowest BCUT2D eigenvalue weighted by atomic mass is 9.72. The third-order valence-electron chi connectivity index (χ3n) is 4.42. The van der Waals surface area contributed by atoms with Gasteiger partial charge in [-0.1, -0.05) is 20.8 Å². The van der Waals surface area contributed by atoms with Gasteiger partial charge in [0.15, 0.2) is 11.5 Å². The van der Waals surface area contributed by atoms with Crippen LogP contribution in [0.3, 0.4) is 0 Å². The van der Waals surface area contributed by atoms with Gasteiger partial charge in [-0.2, -0.15) is 4.57 Å². The second-order valence-corrected chi connectivity index (χ2v) is 7.10. The molecule has 0 amide bonds. The molecule has 1 atom stereocenters. The number of ketones is 1. The maximum atomic E-state index is 12.8. The lowest BCUT2D eigenvalue weighted by Crippen LogP contribution is -2.38. The minimum atomic E-state index is -0.0266. The number of pyridine rings is 1. The molecule has 1 heterocycles. The number of nitrogens with zero attached hydrogens (tertiary/aromatic N) is 1. The summed E-state index contributed by atoms with van der Waals surface area (Å²) < 4.78 is 7.98. The SMILES string of the molecule is CC1=C(Oc2cccc(C)[n+]2C)C(=O)C(C(C)(C)C)CC1. The third-order valence-corrected chi connectivity index (χ3v) is 4.42. The van der Waals surface area contributed by atoms with Crippen molar-refractivity contribution in [3.05, 3.63) is 35.2 Å². The van der Waals surface area contributed by atoms with Gasteiger partial charge in [0.25, 0.3) is 0 Å². The molecule has 1 aromatic heterocycles. The molecule has 3 nitrogen and oxygen atoms in total. The summed E-state index contributed by atoms with van der Waals surface area (Å²) in [5, 5.41) is 0. The zero-order chi connectivity index (χ0) is 15.8. The Morgan fingerprint density at radius 2 is 1.90 bits per heavy atom. The van der Waals surface area contributed by atoms with Crippen LogP contribution in [-0.2, 0) is 11.8 Å². The molecule has 0 N–H and O–H groups in total. The summed E-state index contributed by atoms with van der Waals surface area (Å²) >= 11 is 0. The molecule has 1 aromatic rings. The van der Waals surface area contributed by atoms with Crippen LogP contribution in [-0.4, -0.2) is 5.78 Å². The van der Waals surface area contributed by atoms with Crippen LogP contribution in [0.15, 0.2) is 29.5 Å². The summed E-state index contributed by atoms with van der Waals surface area (Å²) in [6.07, 6.45) is 1.85. The Kier molecular flexibility index (Phi) is 4.22. The van der Waals surface area contributed by atoms with E-state index in [9.17, 15) is 4.79 Å². The van der Waals surface area contributed by atoms with Crippen LogP contribution in [0.2, 0.25) is 0 Å². The zero-order valence-electron chi connectivity index (χ0n) is 14.0. The normalized spacial score (nSPS) is 19.9. The predicted octanol–water partition coefficient (Wildman–Crippen LogP) is 3.50. The Morgan fingerprint density at radius 1 is 1.24 bits per heavy atom. The first-order chi connectivity index (χ1) is 9.71. The zero-order valence-corrected chi connectivity index (χ0v) is 14.0. The molecule has 0 saturated carbocycles. The van der Waals surface area contributed by atoms with Gasteiger partial charge >= 0.3 is 5.88 Å². The molecule has 0 bridgehead atoms. The number of carbonyl (C=O) groups excluding carboxylic acids is 1. The van der Waals surface area contributed by atoms with Gasteiger partial charge in [-0.25, -0.2) is 0 Å². The number of hydrogen-bond donors (Lipinski definition) is 0. The van der Waals surface area contributed by atoms with E-state index in [1.807, 2.05) is 43.7 Å². The monoisotopic (exact) mass is 288 g/mol. The van der Waals surface area contributed by atoms with E-state index in [-0.39, 0.29) is 17.1 Å². The molecule has 114 valence electrons. The van der Waals surface area contributed by atoms with Crippen molar-refractivity contribution in [2.45, 2.75) is 47.5 Å². The van der Waals surface area contributed by atoms with Gasteiger partial charge in [-0.15, -0.1) is 0 Å². The molecule has 2 rings (SSSR count). The van der Waals surface area contributed by atoms with Crippen LogP contribution in [0, 0.1) is 18.3 Å². The first-order valence-corrected chi connectivity index (χ1v) is 7.59. The van der Waals surface area contributed by atoms with E-state index in [1.54, 1.807) is 0 Å². The van der Waals surface area contributed by atoms with Gasteiger partial charge in [-0.3, -0.25) is 4.79 Å². The Hall–Kier alpha value is -1.64. The molecule has 1 unspecified atom stereocenters. The summed E-state index contributed by atoms with van der Waals surface area (Å²) in [6.45, 7) is 10.4. The molecule has 3 heteroatoms. The average molecular weight is 288 g/mol. The second kappa shape index (κ2) is 5.63. The van der Waals surface area contributed by atoms with E-state index in [1.165, 1.54) is 0 Å². The standard InChI is InChI=1S/C18H26NO2/c1-12-10-11-14(18(3,4)5)16(20)17(12)21-15-9-7-8-13(2)19(15)6/h7-9,14H,10-11H2,1-6H3/q+1. The molecule has 1 aliphatic carbocycles. The maximum Gasteiger partial charge on any atom is 0.373 e. The van der Waals surface area contributed by atoms with E-state index in [4.69, 9.17) is 4.74 Å². The van der Waals surface area contributed by atoms with Crippen molar-refractivity contribution in [2.24, 2.45) is 18.4 Å². The number of allylic oxidation sites excluding steroid dienone is 2. The number of hydrogen-bond acceptors (Lipinski definition) is 2. The quantitative estimate of drug-likeness (QED) is 0.780. The van der Waals surface area contributed by atoms with E-state index < -0.39 is 0 Å². The van der Waals surface area contributed by atoms with E-state index in [0.29, 0.717) is 11.6 Å². The average Bonchev–Trinajstić information content (AvgIpc) is 2.37. The highest BCUT2D eigenvalue weighted by molar-refractivity contribution is 5.97. The largest absolute Gasteiger partial charge is 0.401 e. The Bertz CT molecular complexity index is 594. The molecule has 0 saturated heterocycles. The van der Waals surface area contributed by atoms with Crippen LogP contribution < -0.4 is 9.30 Å². The van der Waals surface area contributed by atoms with Crippen LogP contribution in [0.1, 0.15) is 46.2 Å². The van der Waals surface area contributed by atoms with E-state index in [0.717, 1.165) is 24.1 Å². The van der Waals surface area contributed by atoms with Crippen molar-refractivity contribution in [1.82, 2.24) is 0 Å². The van der Waals surface area contributed by atoms with Crippen molar-refractivity contribution in [3.8, 4) is 5.88 Å². The molecule has 0 aromatic carbocycles. The predicted molar refractivity (Wildman–Crippen MR) is 82.9 cm³/mol. The van der Waals surface area contributed by atoms with Gasteiger partial charge in [0.1, 0.15) is 7.05 Å². The summed E-state index contributed by atoms with van der Waals surface area (Å²) in [4.78, 5) is 12.8. The third kappa shape index (κ3) is 3.17. The Labute approximate surface area is 127 Å². The van der Waals surface area contributed by atoms with Gasteiger partial charge in [0.05, 0.1) is 6.07 Å². The molecule has 0 aliphatic heterocycles. The highest BCUT2D eigenvalue weighted by Crippen LogP contribution is 2.38. The highest BCUT2D eigenvalue weighted by Gasteiger charge is 2.38. The highest BCUT2D eigenvalue weighted by atomic mass is 16.5. The summed E-state index contributed by atoms with van der Waals surface area (Å²) in [5.74, 6) is 1.44. The van der Waals surface area contributed by atoms with Crippen LogP contribution in [0.5, 0.6) is 5.88 Å². The molecule has 0 fully saturated rings. The lowest BCUT2D eigenvalue weighted by molar-refractivity contribution is -0.682. The van der Waals surface area contributed by atoms with Gasteiger partial charge in [-0.05, 0) is 36.8 Å². The first-order valence-electron chi connectivity index (χ1n) is 7.59. The number of Topliss-reactive ketones (excluding diaryl/α,β-unsaturated/α-hetero) is 1. The number of rotatable bonds is 2. The van der Waals surface area contributed by atoms with E-state index in [2.05, 4.69) is 20.8 Å². The Balaban J connectivity index is 2.33. The number of ether oxygens (including phenoxy) is 1. The minimum Gasteiger partial charge on any atom is -0.401 e. The molecular weight excluding hydrogens is 262 g/mol. The van der Waals surface area contributed by atoms with Crippen molar-refractivity contribution < 1.29 is 14.1 Å². The maximum absolute atomic E-state index is 12.8. The number of aromatic nitrogens is 1. The lowest BCUT2D eigenvalue weighted by Gasteiger charge is -2.33. The summed E-state index contributed by atoms with van der Waals surface area (Å²) in [7, 11) is 1.95. The smallest absolute Gasteiger partial charge is 0.373 e. The fourth-order valence-corrected chi connectivity index (χ4v) is 2.81. The van der Waals surface area contributed by atoms with Crippen molar-refractivity contribution >= 4 is 5.78 Å². The number of carbonyl (C=O) groups is 1. The first kappa shape index (κ1) is 15.7. The van der Waals surface area contributed by atoms with Crippen LogP contribution >= 0.6 is 0 Å². The van der Waals surface area contributed by atoms with Crippen molar-refractivity contribution in [2.75, 3.05) is 0 Å². The van der Waals surface area contributed by atoms with E-state index >= 15 is 0 Å². The summed E-state index contributed by atoms with van der Waals surface area (Å²) in [5.41, 5.74) is 2.13. The van der Waals surface area contributed by atoms with Gasteiger partial charge in [0, 0.05) is 18.9 Å². The topological polar surface area (TPSA) is 30.2 Å². The van der Waals surface area contributed by atoms with Gasteiger partial charge in [0.2, 0.25) is 5.78 Å². The molecular formula is C18H26NO2+. The molecule has 21 heavy (non-hydrogen) atoms. The van der Waals surface area contributed by atoms with Crippen LogP contribution in [0.25, 0.3) is 0 Å². The minimum absolute atomic E-state index is 0.0266. The van der Waals surface area contributed by atoms with Crippen molar-refractivity contribution in [3.63, 3.8) is 0 Å². The van der Waals surface area contributed by atoms with Crippen LogP contribution in [0.4, 0.5) is 0 Å². The molecule has 0 spiro atoms. The molecule has 1 aliphatic rings. The summed E-state index contributed by atoms with van der Waals surface area (Å²) in [6, 6.07) is 5.88. The number of aryl methyl sites for hydroxylation is 1. The van der Waals surface area contributed by atoms with Gasteiger partial charge < -0.3 is 4.74 Å². The Morgan fingerprint density at radius 3 is 2.52 bits per heavy atom. The van der Waals surface area contributed by atoms with Crippen molar-refractivity contribution in [1.29, 1.82) is 0 Å². The fraction of sp³-hybridized carbons (Fsp3) is 0.556. The second-order valence-electron chi connectivity index (χ2n) is 7.10. The fourth-order valence-electron chi connectivity index (χ4n) is 2.81.